The van der Waals surface area contributed by atoms with Gasteiger partial charge in [-0.05, 0) is 0 Å². The fourth-order valence-corrected chi connectivity index (χ4v) is 1.67. The van der Waals surface area contributed by atoms with E-state index in [1.54, 1.807) is 0 Å². The van der Waals surface area contributed by atoms with Gasteiger partial charge in [-0.25, -0.2) is 9.59 Å². The summed E-state index contributed by atoms with van der Waals surface area (Å²) in [5.41, 5.74) is -2.31. The molecule has 3 rings (SSSR count). The molecule has 1 unspecified atom stereocenters. The highest BCUT2D eigenvalue weighted by molar-refractivity contribution is 5.93. The Bertz CT molecular complexity index is 577. The normalized spacial score (nSPS) is 26.4. The van der Waals surface area contributed by atoms with E-state index in [4.69, 9.17) is 14.3 Å². The number of rotatable bonds is 0. The first-order chi connectivity index (χ1) is 8.46. The molecule has 0 aliphatic carbocycles. The van der Waals surface area contributed by atoms with Gasteiger partial charge in [0.15, 0.2) is 5.60 Å². The van der Waals surface area contributed by atoms with E-state index in [-0.39, 0.29) is 11.6 Å². The van der Waals surface area contributed by atoms with Crippen LogP contribution in [0.5, 0.6) is 11.6 Å². The fraction of sp³-hybridized carbons (Fsp3) is 0.333. The van der Waals surface area contributed by atoms with E-state index >= 15 is 0 Å². The van der Waals surface area contributed by atoms with Gasteiger partial charge in [0.25, 0.3) is 5.88 Å². The number of aromatic nitrogens is 2. The lowest BCUT2D eigenvalue weighted by Gasteiger charge is -2.24. The predicted molar refractivity (Wildman–Crippen MR) is 49.3 cm³/mol. The van der Waals surface area contributed by atoms with Crippen molar-refractivity contribution in [2.45, 2.75) is 18.4 Å². The van der Waals surface area contributed by atoms with Gasteiger partial charge < -0.3 is 19.4 Å². The Labute approximate surface area is 98.8 Å². The quantitative estimate of drug-likeness (QED) is 0.538. The van der Waals surface area contributed by atoms with Crippen LogP contribution in [-0.2, 0) is 14.4 Å². The Balaban J connectivity index is 2.19. The molecule has 0 saturated carbocycles. The largest absolute Gasteiger partial charge is 0.419 e. The molecule has 2 aliphatic rings. The fourth-order valence-electron chi connectivity index (χ4n) is 1.67. The maximum atomic E-state index is 11.7. The summed E-state index contributed by atoms with van der Waals surface area (Å²) in [6, 6.07) is 0. The van der Waals surface area contributed by atoms with Crippen molar-refractivity contribution in [3.63, 3.8) is 0 Å². The van der Waals surface area contributed by atoms with Crippen LogP contribution in [0.2, 0.25) is 0 Å². The molecule has 0 aromatic carbocycles. The third kappa shape index (κ3) is 1.52. The standard InChI is InChI=1S/C9H6N2O7/c12-5-1-9(15)2-6(13)18-11-3-4(16-5)7(10-11)17-8(9)14/h3,15H,1-2H2. The highest BCUT2D eigenvalue weighted by Crippen LogP contribution is 2.32. The maximum Gasteiger partial charge on any atom is 0.346 e. The lowest BCUT2D eigenvalue weighted by atomic mass is 9.95. The zero-order valence-electron chi connectivity index (χ0n) is 8.78. The van der Waals surface area contributed by atoms with Gasteiger partial charge in [0.05, 0.1) is 12.8 Å². The summed E-state index contributed by atoms with van der Waals surface area (Å²) in [5, 5.41) is 13.6. The highest BCUT2D eigenvalue weighted by Gasteiger charge is 2.47. The molecule has 1 aromatic heterocycles. The minimum Gasteiger partial charge on any atom is -0.419 e. The first kappa shape index (κ1) is 10.7. The van der Waals surface area contributed by atoms with E-state index in [0.29, 0.717) is 4.85 Å². The van der Waals surface area contributed by atoms with Crippen LogP contribution in [0.1, 0.15) is 12.8 Å². The number of hydrogen-bond acceptors (Lipinski definition) is 8. The lowest BCUT2D eigenvalue weighted by molar-refractivity contribution is -0.170. The van der Waals surface area contributed by atoms with Crippen molar-refractivity contribution in [3.8, 4) is 11.6 Å². The molecule has 0 radical (unpaired) electrons. The van der Waals surface area contributed by atoms with Crippen LogP contribution < -0.4 is 14.3 Å². The van der Waals surface area contributed by atoms with Gasteiger partial charge in [-0.3, -0.25) is 4.79 Å². The van der Waals surface area contributed by atoms with Crippen LogP contribution in [-0.4, -0.2) is 38.6 Å². The number of esters is 2. The van der Waals surface area contributed by atoms with Crippen LogP contribution >= 0.6 is 0 Å². The van der Waals surface area contributed by atoms with Gasteiger partial charge in [-0.1, -0.05) is 9.94 Å². The zero-order chi connectivity index (χ0) is 12.9. The number of fused-ring (bicyclic) bond motifs is 3. The van der Waals surface area contributed by atoms with Gasteiger partial charge >= 0.3 is 17.9 Å². The second-order valence-electron chi connectivity index (χ2n) is 3.91. The van der Waals surface area contributed by atoms with Crippen molar-refractivity contribution >= 4 is 17.9 Å². The van der Waals surface area contributed by atoms with Crippen molar-refractivity contribution in [3.05, 3.63) is 6.20 Å². The molecule has 3 bridgehead atoms. The van der Waals surface area contributed by atoms with E-state index in [9.17, 15) is 19.5 Å². The number of carbonyl (C=O) groups is 3. The summed E-state index contributed by atoms with van der Waals surface area (Å²) in [6.45, 7) is 0. The molecular formula is C9H6N2O7. The SMILES string of the molecule is O=C1CC2(O)CC(=O)On3cc(c(n3)OC2=O)O1. The summed E-state index contributed by atoms with van der Waals surface area (Å²) in [4.78, 5) is 40.0. The Kier molecular flexibility index (Phi) is 1.96. The van der Waals surface area contributed by atoms with Crippen molar-refractivity contribution in [1.29, 1.82) is 0 Å². The molecule has 0 spiro atoms. The highest BCUT2D eigenvalue weighted by atomic mass is 16.7. The molecule has 18 heavy (non-hydrogen) atoms. The third-order valence-corrected chi connectivity index (χ3v) is 2.49. The number of nitrogens with zero attached hydrogens (tertiary/aromatic N) is 2. The molecule has 9 nitrogen and oxygen atoms in total. The van der Waals surface area contributed by atoms with Crippen molar-refractivity contribution in [1.82, 2.24) is 9.94 Å². The molecule has 94 valence electrons. The van der Waals surface area contributed by atoms with E-state index < -0.39 is 36.4 Å². The molecule has 9 heteroatoms. The molecule has 0 amide bonds. The Morgan fingerprint density at radius 2 is 1.94 bits per heavy atom. The van der Waals surface area contributed by atoms with Crippen molar-refractivity contribution in [2.24, 2.45) is 0 Å². The van der Waals surface area contributed by atoms with E-state index in [1.165, 1.54) is 0 Å². The Morgan fingerprint density at radius 1 is 1.22 bits per heavy atom. The van der Waals surface area contributed by atoms with Crippen LogP contribution in [0.4, 0.5) is 0 Å². The monoisotopic (exact) mass is 254 g/mol. The van der Waals surface area contributed by atoms with Crippen LogP contribution in [0.15, 0.2) is 6.20 Å². The van der Waals surface area contributed by atoms with Crippen LogP contribution in [0, 0.1) is 0 Å². The average molecular weight is 254 g/mol. The molecule has 1 N–H and O–H groups in total. The van der Waals surface area contributed by atoms with Gasteiger partial charge in [-0.15, -0.1) is 0 Å². The van der Waals surface area contributed by atoms with Crippen molar-refractivity contribution < 1.29 is 33.8 Å². The first-order valence-electron chi connectivity index (χ1n) is 4.92. The Morgan fingerprint density at radius 3 is 2.72 bits per heavy atom. The summed E-state index contributed by atoms with van der Waals surface area (Å²) < 4.78 is 9.59. The Hall–Kier alpha value is -2.42. The summed E-state index contributed by atoms with van der Waals surface area (Å²) in [6.07, 6.45) is -0.358. The first-order valence-corrected chi connectivity index (χ1v) is 4.92. The van der Waals surface area contributed by atoms with E-state index in [0.717, 1.165) is 6.20 Å². The lowest BCUT2D eigenvalue weighted by Crippen LogP contribution is -2.48. The molecule has 1 atom stereocenters. The number of ether oxygens (including phenoxy) is 2. The van der Waals surface area contributed by atoms with E-state index in [2.05, 4.69) is 5.10 Å². The third-order valence-electron chi connectivity index (χ3n) is 2.49. The summed E-state index contributed by atoms with van der Waals surface area (Å²) in [7, 11) is 0. The average Bonchev–Trinajstić information content (AvgIpc) is 2.57. The number of carbonyl (C=O) groups excluding carboxylic acids is 3. The zero-order valence-corrected chi connectivity index (χ0v) is 8.78. The summed E-state index contributed by atoms with van der Waals surface area (Å²) in [5.74, 6) is -3.45. The molecule has 1 aromatic rings. The van der Waals surface area contributed by atoms with Crippen LogP contribution in [0.3, 0.4) is 0 Å². The maximum absolute atomic E-state index is 11.7. The number of aliphatic hydroxyl groups is 1. The molecule has 0 saturated heterocycles. The van der Waals surface area contributed by atoms with Gasteiger partial charge in [-0.2, -0.15) is 0 Å². The predicted octanol–water partition coefficient (Wildman–Crippen LogP) is -1.81. The smallest absolute Gasteiger partial charge is 0.346 e. The second kappa shape index (κ2) is 3.29. The molecule has 2 aliphatic heterocycles. The second-order valence-corrected chi connectivity index (χ2v) is 3.91. The van der Waals surface area contributed by atoms with Crippen LogP contribution in [0.25, 0.3) is 0 Å². The van der Waals surface area contributed by atoms with Gasteiger partial charge in [0.1, 0.15) is 6.20 Å². The van der Waals surface area contributed by atoms with E-state index in [1.807, 2.05) is 0 Å². The van der Waals surface area contributed by atoms with Crippen molar-refractivity contribution in [2.75, 3.05) is 0 Å². The topological polar surface area (TPSA) is 117 Å². The van der Waals surface area contributed by atoms with Gasteiger partial charge in [0, 0.05) is 0 Å². The van der Waals surface area contributed by atoms with Gasteiger partial charge in [0.2, 0.25) is 5.75 Å². The molecule has 3 heterocycles. The summed E-state index contributed by atoms with van der Waals surface area (Å²) >= 11 is 0. The minimum absolute atomic E-state index is 0.162. The minimum atomic E-state index is -2.31. The molecular weight excluding hydrogens is 248 g/mol. The molecule has 0 fully saturated rings. The number of hydrogen-bond donors (Lipinski definition) is 1.